The summed E-state index contributed by atoms with van der Waals surface area (Å²) in [6.07, 6.45) is 0.747. The van der Waals surface area contributed by atoms with E-state index in [9.17, 15) is 8.42 Å². The van der Waals surface area contributed by atoms with Crippen molar-refractivity contribution in [2.75, 3.05) is 25.9 Å². The van der Waals surface area contributed by atoms with Gasteiger partial charge in [0.05, 0.1) is 5.75 Å². The highest BCUT2D eigenvalue weighted by Crippen LogP contribution is 2.14. The number of halogens is 1. The molecule has 2 aromatic carbocycles. The summed E-state index contributed by atoms with van der Waals surface area (Å²) in [5.74, 6) is 0.519. The Morgan fingerprint density at radius 2 is 1.67 bits per heavy atom. The summed E-state index contributed by atoms with van der Waals surface area (Å²) in [5.41, 5.74) is 1.97. The van der Waals surface area contributed by atoms with Gasteiger partial charge < -0.3 is 10.6 Å². The van der Waals surface area contributed by atoms with Gasteiger partial charge in [0.1, 0.15) is 0 Å². The molecule has 0 atom stereocenters. The first-order valence-electron chi connectivity index (χ1n) is 8.69. The van der Waals surface area contributed by atoms with Gasteiger partial charge in [0.2, 0.25) is 10.0 Å². The number of hydrogen-bond donors (Lipinski definition) is 3. The maximum Gasteiger partial charge on any atom is 0.213 e. The molecule has 0 heterocycles. The molecule has 0 saturated heterocycles. The number of guanidine groups is 1. The Morgan fingerprint density at radius 1 is 1.00 bits per heavy atom. The predicted molar refractivity (Wildman–Crippen MR) is 112 cm³/mol. The number of nitrogens with one attached hydrogen (secondary N) is 3. The fraction of sp³-hybridized carbons (Fsp3) is 0.316. The lowest BCUT2D eigenvalue weighted by Gasteiger charge is -2.13. The largest absolute Gasteiger partial charge is 0.356 e. The molecule has 27 heavy (non-hydrogen) atoms. The Kier molecular flexibility index (Phi) is 8.57. The summed E-state index contributed by atoms with van der Waals surface area (Å²) in [6.45, 7) is 1.19. The van der Waals surface area contributed by atoms with Gasteiger partial charge in [-0.15, -0.1) is 0 Å². The van der Waals surface area contributed by atoms with E-state index in [0.29, 0.717) is 12.5 Å². The third kappa shape index (κ3) is 7.99. The van der Waals surface area contributed by atoms with Crippen molar-refractivity contribution in [3.05, 3.63) is 70.7 Å². The number of nitrogens with zero attached hydrogens (tertiary/aromatic N) is 1. The van der Waals surface area contributed by atoms with E-state index < -0.39 is 10.0 Å². The number of aliphatic imine (C=N–C) groups is 1. The van der Waals surface area contributed by atoms with Gasteiger partial charge >= 0.3 is 0 Å². The van der Waals surface area contributed by atoms with Crippen molar-refractivity contribution in [1.29, 1.82) is 0 Å². The van der Waals surface area contributed by atoms with E-state index in [1.165, 1.54) is 0 Å². The molecule has 0 spiro atoms. The van der Waals surface area contributed by atoms with Crippen molar-refractivity contribution in [3.8, 4) is 0 Å². The highest BCUT2D eigenvalue weighted by molar-refractivity contribution is 7.89. The quantitative estimate of drug-likeness (QED) is 0.438. The number of benzene rings is 2. The zero-order chi connectivity index (χ0) is 19.5. The van der Waals surface area contributed by atoms with Crippen molar-refractivity contribution >= 4 is 27.6 Å². The van der Waals surface area contributed by atoms with Gasteiger partial charge in [-0.2, -0.15) is 0 Å². The second-order valence-corrected chi connectivity index (χ2v) is 8.23. The fourth-order valence-electron chi connectivity index (χ4n) is 2.40. The van der Waals surface area contributed by atoms with Crippen LogP contribution in [-0.4, -0.2) is 40.3 Å². The summed E-state index contributed by atoms with van der Waals surface area (Å²) >= 11 is 6.13. The topological polar surface area (TPSA) is 82.6 Å². The number of sulfonamides is 1. The van der Waals surface area contributed by atoms with E-state index in [1.54, 1.807) is 7.05 Å². The molecule has 0 amide bonds. The van der Waals surface area contributed by atoms with Gasteiger partial charge in [0, 0.05) is 31.7 Å². The first kappa shape index (κ1) is 21.2. The standard InChI is InChI=1S/C19H25ClN4O2S/c1-21-19(22-12-11-17-9-5-6-10-18(17)20)23-13-14-27(25,26)24-15-16-7-3-2-4-8-16/h2-10,24H,11-15H2,1H3,(H2,21,22,23). The molecule has 0 radical (unpaired) electrons. The van der Waals surface area contributed by atoms with Crippen LogP contribution in [0.5, 0.6) is 0 Å². The third-order valence-corrected chi connectivity index (χ3v) is 5.56. The van der Waals surface area contributed by atoms with Gasteiger partial charge in [-0.1, -0.05) is 60.1 Å². The van der Waals surface area contributed by atoms with Crippen LogP contribution in [0.25, 0.3) is 0 Å². The molecule has 0 aliphatic carbocycles. The molecule has 0 saturated carbocycles. The molecular weight excluding hydrogens is 384 g/mol. The fourth-order valence-corrected chi connectivity index (χ4v) is 3.53. The Bertz CT molecular complexity index is 842. The Morgan fingerprint density at radius 3 is 2.37 bits per heavy atom. The van der Waals surface area contributed by atoms with Crippen LogP contribution in [0.2, 0.25) is 5.02 Å². The van der Waals surface area contributed by atoms with Crippen molar-refractivity contribution in [2.24, 2.45) is 4.99 Å². The minimum Gasteiger partial charge on any atom is -0.356 e. The Labute approximate surface area is 166 Å². The lowest BCUT2D eigenvalue weighted by Crippen LogP contribution is -2.41. The van der Waals surface area contributed by atoms with Crippen LogP contribution in [0.15, 0.2) is 59.6 Å². The molecule has 2 rings (SSSR count). The normalized spacial score (nSPS) is 12.0. The Balaban J connectivity index is 1.69. The summed E-state index contributed by atoms with van der Waals surface area (Å²) in [4.78, 5) is 4.10. The van der Waals surface area contributed by atoms with Gasteiger partial charge in [0.25, 0.3) is 0 Å². The van der Waals surface area contributed by atoms with Crippen LogP contribution in [0.3, 0.4) is 0 Å². The average Bonchev–Trinajstić information content (AvgIpc) is 2.67. The molecular formula is C19H25ClN4O2S. The van der Waals surface area contributed by atoms with Crippen LogP contribution in [0.4, 0.5) is 0 Å². The summed E-state index contributed by atoms with van der Waals surface area (Å²) in [6, 6.07) is 17.1. The smallest absolute Gasteiger partial charge is 0.213 e. The molecule has 0 aliphatic heterocycles. The van der Waals surface area contributed by atoms with Gasteiger partial charge in [0.15, 0.2) is 5.96 Å². The second-order valence-electron chi connectivity index (χ2n) is 5.89. The van der Waals surface area contributed by atoms with Crippen LogP contribution < -0.4 is 15.4 Å². The molecule has 0 unspecified atom stereocenters. The van der Waals surface area contributed by atoms with Gasteiger partial charge in [-0.25, -0.2) is 13.1 Å². The molecule has 6 nitrogen and oxygen atoms in total. The minimum absolute atomic E-state index is 0.0367. The molecule has 3 N–H and O–H groups in total. The third-order valence-electron chi connectivity index (χ3n) is 3.87. The monoisotopic (exact) mass is 408 g/mol. The summed E-state index contributed by atoms with van der Waals surface area (Å²) in [5, 5.41) is 6.90. The van der Waals surface area contributed by atoms with Crippen LogP contribution in [-0.2, 0) is 23.0 Å². The number of rotatable bonds is 9. The lowest BCUT2D eigenvalue weighted by molar-refractivity contribution is 0.580. The zero-order valence-corrected chi connectivity index (χ0v) is 16.9. The van der Waals surface area contributed by atoms with Crippen molar-refractivity contribution in [3.63, 3.8) is 0 Å². The van der Waals surface area contributed by atoms with E-state index >= 15 is 0 Å². The zero-order valence-electron chi connectivity index (χ0n) is 15.3. The van der Waals surface area contributed by atoms with Gasteiger partial charge in [-0.3, -0.25) is 4.99 Å². The molecule has 146 valence electrons. The predicted octanol–water partition coefficient (Wildman–Crippen LogP) is 2.17. The maximum atomic E-state index is 12.1. The van der Waals surface area contributed by atoms with E-state index in [0.717, 1.165) is 22.6 Å². The lowest BCUT2D eigenvalue weighted by atomic mass is 10.1. The van der Waals surface area contributed by atoms with Crippen molar-refractivity contribution < 1.29 is 8.42 Å². The van der Waals surface area contributed by atoms with Crippen LogP contribution in [0.1, 0.15) is 11.1 Å². The highest BCUT2D eigenvalue weighted by Gasteiger charge is 2.10. The van der Waals surface area contributed by atoms with E-state index in [-0.39, 0.29) is 18.8 Å². The first-order chi connectivity index (χ1) is 13.0. The molecule has 0 bridgehead atoms. The average molecular weight is 409 g/mol. The molecule has 0 aromatic heterocycles. The van der Waals surface area contributed by atoms with E-state index in [2.05, 4.69) is 20.3 Å². The van der Waals surface area contributed by atoms with Crippen LogP contribution >= 0.6 is 11.6 Å². The Hall–Kier alpha value is -2.09. The van der Waals surface area contributed by atoms with E-state index in [1.807, 2.05) is 54.6 Å². The molecule has 2 aromatic rings. The van der Waals surface area contributed by atoms with Crippen LogP contribution in [0, 0.1) is 0 Å². The molecule has 0 fully saturated rings. The first-order valence-corrected chi connectivity index (χ1v) is 10.7. The minimum atomic E-state index is -3.37. The second kappa shape index (κ2) is 10.9. The summed E-state index contributed by atoms with van der Waals surface area (Å²) in [7, 11) is -1.72. The van der Waals surface area contributed by atoms with Crippen molar-refractivity contribution in [1.82, 2.24) is 15.4 Å². The van der Waals surface area contributed by atoms with Crippen molar-refractivity contribution in [2.45, 2.75) is 13.0 Å². The van der Waals surface area contributed by atoms with E-state index in [4.69, 9.17) is 11.6 Å². The van der Waals surface area contributed by atoms with Gasteiger partial charge in [-0.05, 0) is 23.6 Å². The maximum absolute atomic E-state index is 12.1. The molecule has 0 aliphatic rings. The number of hydrogen-bond acceptors (Lipinski definition) is 3. The highest BCUT2D eigenvalue weighted by atomic mass is 35.5. The SMILES string of the molecule is CN=C(NCCc1ccccc1Cl)NCCS(=O)(=O)NCc1ccccc1. The summed E-state index contributed by atoms with van der Waals surface area (Å²) < 4.78 is 26.8. The molecule has 8 heteroatoms.